The highest BCUT2D eigenvalue weighted by molar-refractivity contribution is 5.79. The van der Waals surface area contributed by atoms with Crippen LogP contribution in [0.5, 0.6) is 0 Å². The number of carboxylic acids is 2. The van der Waals surface area contributed by atoms with Crippen LogP contribution in [0.1, 0.15) is 122 Å². The molecule has 47 heavy (non-hydrogen) atoms. The number of allylic oxidation sites excluding steroid dienone is 1. The van der Waals surface area contributed by atoms with Gasteiger partial charge in [-0.15, -0.1) is 0 Å². The van der Waals surface area contributed by atoms with Crippen molar-refractivity contribution < 1.29 is 45.0 Å². The molecule has 0 amide bonds. The number of Topliss-reactive ketones (excluding diaryl/α,β-unsaturated/α-hetero) is 1. The molecule has 0 aliphatic rings. The molecule has 0 aliphatic heterocycles. The van der Waals surface area contributed by atoms with Crippen molar-refractivity contribution in [3.63, 3.8) is 0 Å². The van der Waals surface area contributed by atoms with Crippen molar-refractivity contribution in [1.82, 2.24) is 0 Å². The summed E-state index contributed by atoms with van der Waals surface area (Å²) in [5, 5.41) is 55.6. The number of aliphatic carboxylic acids is 2. The summed E-state index contributed by atoms with van der Waals surface area (Å²) in [4.78, 5) is 32.8. The summed E-state index contributed by atoms with van der Waals surface area (Å²) in [6, 6.07) is 8.29. The second-order valence-electron chi connectivity index (χ2n) is 12.3. The summed E-state index contributed by atoms with van der Waals surface area (Å²) in [5.74, 6) is -2.52. The lowest BCUT2D eigenvalue weighted by Gasteiger charge is -2.30. The number of carbonyl (C=O) groups excluding carboxylic acids is 1. The first-order chi connectivity index (χ1) is 21.8. The summed E-state index contributed by atoms with van der Waals surface area (Å²) in [6.45, 7) is 2.30. The van der Waals surface area contributed by atoms with Gasteiger partial charge in [-0.05, 0) is 69.4 Å². The molecule has 0 radical (unpaired) electrons. The smallest absolute Gasteiger partial charge is 0.328 e. The molecule has 0 aliphatic carbocycles. The number of rotatable bonds is 25. The Kier molecular flexibility index (Phi) is 26.0. The average Bonchev–Trinajstić information content (AvgIpc) is 3.04. The number of benzene rings is 1. The lowest BCUT2D eigenvalue weighted by atomic mass is 9.89. The van der Waals surface area contributed by atoms with Crippen LogP contribution in [0.2, 0.25) is 0 Å². The normalized spacial score (nSPS) is 15.0. The third-order valence-corrected chi connectivity index (χ3v) is 8.16. The van der Waals surface area contributed by atoms with Gasteiger partial charge in [0, 0.05) is 6.42 Å². The molecule has 0 aromatic heterocycles. The van der Waals surface area contributed by atoms with Gasteiger partial charge in [0.1, 0.15) is 17.4 Å². The van der Waals surface area contributed by atoms with Crippen LogP contribution in [0.3, 0.4) is 0 Å². The maximum Gasteiger partial charge on any atom is 0.328 e. The van der Waals surface area contributed by atoms with E-state index in [1.54, 1.807) is 13.0 Å². The summed E-state index contributed by atoms with van der Waals surface area (Å²) < 4.78 is 0. The Morgan fingerprint density at radius 3 is 1.81 bits per heavy atom. The van der Waals surface area contributed by atoms with Gasteiger partial charge in [0.25, 0.3) is 0 Å². The number of aliphatic hydroxyl groups is 4. The van der Waals surface area contributed by atoms with Crippen molar-refractivity contribution in [2.45, 2.75) is 147 Å². The highest BCUT2D eigenvalue weighted by Crippen LogP contribution is 2.16. The van der Waals surface area contributed by atoms with Gasteiger partial charge in [-0.3, -0.25) is 9.59 Å². The van der Waals surface area contributed by atoms with Crippen LogP contribution in [0.15, 0.2) is 36.4 Å². The van der Waals surface area contributed by atoms with Gasteiger partial charge in [0.05, 0.1) is 19.3 Å². The fourth-order valence-electron chi connectivity index (χ4n) is 4.71. The van der Waals surface area contributed by atoms with E-state index in [0.29, 0.717) is 12.8 Å². The predicted molar refractivity (Wildman–Crippen MR) is 186 cm³/mol. The maximum absolute atomic E-state index is 11.1. The van der Waals surface area contributed by atoms with E-state index in [2.05, 4.69) is 19.1 Å². The lowest BCUT2D eigenvalue weighted by Crippen LogP contribution is -2.63. The quantitative estimate of drug-likeness (QED) is 0.0542. The van der Waals surface area contributed by atoms with E-state index >= 15 is 0 Å². The molecule has 10 N–H and O–H groups in total. The molecule has 1 rings (SSSR count). The first kappa shape index (κ1) is 46.4. The summed E-state index contributed by atoms with van der Waals surface area (Å²) in [5.41, 5.74) is 9.64. The largest absolute Gasteiger partial charge is 0.480 e. The van der Waals surface area contributed by atoms with E-state index < -0.39 is 48.4 Å². The second kappa shape index (κ2) is 26.3. The molecule has 1 unspecified atom stereocenters. The molecular formula is C36H64N2O9. The zero-order valence-electron chi connectivity index (χ0n) is 27.9. The highest BCUT2D eigenvalue weighted by Gasteiger charge is 2.44. The zero-order valence-corrected chi connectivity index (χ0v) is 27.9. The van der Waals surface area contributed by atoms with Crippen molar-refractivity contribution >= 4 is 17.7 Å². The molecule has 0 bridgehead atoms. The van der Waals surface area contributed by atoms with Crippen LogP contribution in [0.4, 0.5) is 0 Å². The number of aliphatic hydroxyl groups excluding tert-OH is 4. The summed E-state index contributed by atoms with van der Waals surface area (Å²) >= 11 is 0. The van der Waals surface area contributed by atoms with Crippen molar-refractivity contribution in [2.24, 2.45) is 11.5 Å². The van der Waals surface area contributed by atoms with Crippen LogP contribution in [-0.2, 0) is 27.2 Å². The predicted octanol–water partition coefficient (Wildman–Crippen LogP) is 4.29. The molecule has 0 fully saturated rings. The molecule has 11 heteroatoms. The topological polar surface area (TPSA) is 225 Å². The number of carbonyl (C=O) groups is 3. The molecule has 0 heterocycles. The monoisotopic (exact) mass is 668 g/mol. The van der Waals surface area contributed by atoms with Crippen molar-refractivity contribution in [3.05, 3.63) is 47.5 Å². The van der Waals surface area contributed by atoms with E-state index in [-0.39, 0.29) is 26.1 Å². The Morgan fingerprint density at radius 1 is 0.766 bits per heavy atom. The number of aryl methyl sites for hydroxylation is 2. The first-order valence-corrected chi connectivity index (χ1v) is 16.6. The number of carboxylic acid groups (broad SMARTS) is 2. The fourth-order valence-corrected chi connectivity index (χ4v) is 4.71. The van der Waals surface area contributed by atoms with Gasteiger partial charge in [-0.25, -0.2) is 0 Å². The Balaban J connectivity index is 0. The fraction of sp³-hybridized carbons (Fsp3) is 0.694. The summed E-state index contributed by atoms with van der Waals surface area (Å²) in [7, 11) is 0. The average molecular weight is 669 g/mol. The van der Waals surface area contributed by atoms with E-state index in [1.807, 2.05) is 18.2 Å². The van der Waals surface area contributed by atoms with Crippen LogP contribution in [0.25, 0.3) is 0 Å². The molecular weight excluding hydrogens is 604 g/mol. The highest BCUT2D eigenvalue weighted by atomic mass is 16.4. The van der Waals surface area contributed by atoms with Crippen LogP contribution in [0, 0.1) is 0 Å². The molecule has 0 saturated carbocycles. The molecule has 1 aromatic rings. The van der Waals surface area contributed by atoms with Gasteiger partial charge < -0.3 is 46.9 Å². The van der Waals surface area contributed by atoms with Crippen molar-refractivity contribution in [1.29, 1.82) is 0 Å². The van der Waals surface area contributed by atoms with Gasteiger partial charge >= 0.3 is 11.9 Å². The van der Waals surface area contributed by atoms with E-state index in [9.17, 15) is 24.6 Å². The molecule has 272 valence electrons. The number of unbranched alkanes of at least 4 members (excludes halogenated alkanes) is 9. The Hall–Kier alpha value is -2.67. The second-order valence-corrected chi connectivity index (χ2v) is 12.3. The SMILES string of the molecule is C.CC(=O)CCCCCC/C=C/C[C@H](O)[C@@H](O)[C@](N)(CO)C(=O)O.CCCCCCCCc1ccc(CCC(N)(CO)C(=O)O)cc1. The lowest BCUT2D eigenvalue weighted by molar-refractivity contribution is -0.155. The van der Waals surface area contributed by atoms with Gasteiger partial charge in [0.15, 0.2) is 5.54 Å². The molecule has 4 atom stereocenters. The van der Waals surface area contributed by atoms with Gasteiger partial charge in [0.2, 0.25) is 0 Å². The van der Waals surface area contributed by atoms with Gasteiger partial charge in [-0.2, -0.15) is 0 Å². The van der Waals surface area contributed by atoms with Crippen LogP contribution in [-0.4, -0.2) is 84.9 Å². The molecule has 0 spiro atoms. The van der Waals surface area contributed by atoms with Crippen molar-refractivity contribution in [2.75, 3.05) is 13.2 Å². The van der Waals surface area contributed by atoms with Crippen molar-refractivity contribution in [3.8, 4) is 0 Å². The third-order valence-electron chi connectivity index (χ3n) is 8.16. The first-order valence-electron chi connectivity index (χ1n) is 16.6. The molecule has 11 nitrogen and oxygen atoms in total. The van der Waals surface area contributed by atoms with Crippen LogP contribution < -0.4 is 11.5 Å². The minimum Gasteiger partial charge on any atom is -0.480 e. The third kappa shape index (κ3) is 19.7. The number of hydrogen-bond donors (Lipinski definition) is 8. The Labute approximate surface area is 282 Å². The number of nitrogens with two attached hydrogens (primary N) is 2. The van der Waals surface area contributed by atoms with E-state index in [1.165, 1.54) is 44.1 Å². The number of hydrogen-bond acceptors (Lipinski definition) is 9. The zero-order chi connectivity index (χ0) is 35.0. The Morgan fingerprint density at radius 2 is 1.30 bits per heavy atom. The molecule has 1 aromatic carbocycles. The number of ketones is 1. The van der Waals surface area contributed by atoms with E-state index in [0.717, 1.165) is 44.1 Å². The minimum absolute atomic E-state index is 0. The van der Waals surface area contributed by atoms with E-state index in [4.69, 9.17) is 31.9 Å². The standard InChI is InChI=1S/C19H31NO3.C16H29NO6.CH4/c1-2-3-4-5-6-7-8-16-9-11-17(12-10-16)13-14-19(20,15-21)18(22)23;1-12(19)9-7-5-3-2-4-6-8-10-13(20)14(21)16(17,11-18)15(22)23;/h9-12,21H,2-8,13-15,20H2,1H3,(H,22,23);6,8,13-14,18,20-21H,2-5,7,9-11,17H2,1H3,(H,22,23);1H4/b;8-6+;/t;13-,14+,16+;/m.0./s1. The maximum atomic E-state index is 11.1. The Bertz CT molecular complexity index is 1020. The van der Waals surface area contributed by atoms with Gasteiger partial charge in [-0.1, -0.05) is 95.7 Å². The summed E-state index contributed by atoms with van der Waals surface area (Å²) in [6.07, 6.45) is 15.4. The molecule has 0 saturated heterocycles. The van der Waals surface area contributed by atoms with Crippen LogP contribution >= 0.6 is 0 Å². The minimum atomic E-state index is -2.27.